The number of para-hydroxylation sites is 4. The van der Waals surface area contributed by atoms with Crippen molar-refractivity contribution in [1.29, 1.82) is 0 Å². The molecule has 0 bridgehead atoms. The van der Waals surface area contributed by atoms with Gasteiger partial charge in [0.2, 0.25) is 0 Å². The van der Waals surface area contributed by atoms with Gasteiger partial charge in [-0.05, 0) is 95.6 Å². The number of furan rings is 1. The van der Waals surface area contributed by atoms with Gasteiger partial charge in [0.15, 0.2) is 17.5 Å². The maximum atomic E-state index is 7.10. The van der Waals surface area contributed by atoms with E-state index in [1.807, 2.05) is 66.7 Å². The summed E-state index contributed by atoms with van der Waals surface area (Å²) >= 11 is 0. The lowest BCUT2D eigenvalue weighted by atomic mass is 9.93. The van der Waals surface area contributed by atoms with Gasteiger partial charge < -0.3 is 13.6 Å². The Kier molecular flexibility index (Phi) is 8.79. The second-order valence-corrected chi connectivity index (χ2v) is 17.6. The zero-order valence-electron chi connectivity index (χ0n) is 37.2. The lowest BCUT2D eigenvalue weighted by molar-refractivity contribution is 0.670. The molecule has 0 fully saturated rings. The number of nitrogens with zero attached hydrogens (tertiary/aromatic N) is 5. The van der Waals surface area contributed by atoms with E-state index in [4.69, 9.17) is 19.4 Å². The van der Waals surface area contributed by atoms with Gasteiger partial charge in [-0.15, -0.1) is 0 Å². The summed E-state index contributed by atoms with van der Waals surface area (Å²) in [6.07, 6.45) is 0. The molecule has 322 valence electrons. The Balaban J connectivity index is 1.04. The van der Waals surface area contributed by atoms with Gasteiger partial charge in [0, 0.05) is 65.9 Å². The Bertz CT molecular complexity index is 4230. The van der Waals surface area contributed by atoms with Gasteiger partial charge in [-0.25, -0.2) is 15.0 Å². The molecule has 0 aliphatic carbocycles. The van der Waals surface area contributed by atoms with E-state index in [1.165, 1.54) is 27.1 Å². The second kappa shape index (κ2) is 15.6. The number of benzene rings is 10. The summed E-state index contributed by atoms with van der Waals surface area (Å²) in [5.74, 6) is 1.79. The molecule has 0 aliphatic rings. The Morgan fingerprint density at radius 3 is 1.33 bits per heavy atom. The first-order valence-electron chi connectivity index (χ1n) is 23.3. The number of fused-ring (bicyclic) bond motifs is 9. The molecule has 0 radical (unpaired) electrons. The fourth-order valence-electron chi connectivity index (χ4n) is 10.4. The molecule has 4 heterocycles. The number of hydrogen-bond donors (Lipinski definition) is 0. The summed E-state index contributed by atoms with van der Waals surface area (Å²) in [7, 11) is 0. The average molecular weight is 882 g/mol. The smallest absolute Gasteiger partial charge is 0.164 e. The molecule has 14 rings (SSSR count). The van der Waals surface area contributed by atoms with Gasteiger partial charge in [-0.1, -0.05) is 158 Å². The standard InChI is InChI=1S/C63H39N5O/c1-5-18-40(19-6-1)61-64-62(41-20-7-2-8-21-41)66-63(65-61)49-28-17-31-58-59(49)53-39-44(42-32-34-56-51(36-42)47-26-13-15-29-54(47)67(56)45-22-9-3-10-23-45)38-50(60(53)69-58)43-33-35-57-52(37-43)48-27-14-16-30-55(48)68(57)46-24-11-4-12-25-46/h1-39H. The lowest BCUT2D eigenvalue weighted by Crippen LogP contribution is -2.00. The Labute approximate surface area is 396 Å². The van der Waals surface area contributed by atoms with E-state index in [0.717, 1.165) is 88.8 Å². The monoisotopic (exact) mass is 881 g/mol. The molecule has 0 amide bonds. The van der Waals surface area contributed by atoms with Crippen molar-refractivity contribution < 1.29 is 4.42 Å². The van der Waals surface area contributed by atoms with E-state index in [9.17, 15) is 0 Å². The molecule has 14 aromatic rings. The topological polar surface area (TPSA) is 61.7 Å². The Morgan fingerprint density at radius 1 is 0.290 bits per heavy atom. The minimum atomic E-state index is 0.577. The maximum Gasteiger partial charge on any atom is 0.164 e. The molecule has 4 aromatic heterocycles. The summed E-state index contributed by atoms with van der Waals surface area (Å²) in [4.78, 5) is 15.4. The third-order valence-electron chi connectivity index (χ3n) is 13.6. The summed E-state index contributed by atoms with van der Waals surface area (Å²) in [6, 6.07) is 83.4. The molecule has 0 unspecified atom stereocenters. The van der Waals surface area contributed by atoms with Crippen molar-refractivity contribution in [1.82, 2.24) is 24.1 Å². The predicted molar refractivity (Wildman–Crippen MR) is 283 cm³/mol. The van der Waals surface area contributed by atoms with E-state index in [2.05, 4.69) is 179 Å². The predicted octanol–water partition coefficient (Wildman–Crippen LogP) is 16.3. The number of aromatic nitrogens is 5. The molecule has 0 spiro atoms. The molecular formula is C63H39N5O. The van der Waals surface area contributed by atoms with Crippen LogP contribution in [0.2, 0.25) is 0 Å². The fraction of sp³-hybridized carbons (Fsp3) is 0. The molecule has 0 aliphatic heterocycles. The van der Waals surface area contributed by atoms with Gasteiger partial charge in [0.1, 0.15) is 11.2 Å². The minimum absolute atomic E-state index is 0.577. The van der Waals surface area contributed by atoms with Crippen LogP contribution in [0.1, 0.15) is 0 Å². The molecule has 0 saturated carbocycles. The van der Waals surface area contributed by atoms with Crippen molar-refractivity contribution in [3.05, 3.63) is 237 Å². The van der Waals surface area contributed by atoms with Crippen LogP contribution >= 0.6 is 0 Å². The highest BCUT2D eigenvalue weighted by Crippen LogP contribution is 2.45. The molecule has 6 heteroatoms. The third-order valence-corrected chi connectivity index (χ3v) is 13.6. The number of rotatable bonds is 7. The van der Waals surface area contributed by atoms with Crippen LogP contribution in [-0.2, 0) is 0 Å². The first-order chi connectivity index (χ1) is 34.2. The molecule has 6 nitrogen and oxygen atoms in total. The highest BCUT2D eigenvalue weighted by molar-refractivity contribution is 6.18. The van der Waals surface area contributed by atoms with Crippen LogP contribution in [0.25, 0.3) is 133 Å². The summed E-state index contributed by atoms with van der Waals surface area (Å²) in [6.45, 7) is 0. The van der Waals surface area contributed by atoms with Crippen LogP contribution in [0.3, 0.4) is 0 Å². The van der Waals surface area contributed by atoms with Crippen molar-refractivity contribution in [2.75, 3.05) is 0 Å². The Morgan fingerprint density at radius 2 is 0.754 bits per heavy atom. The minimum Gasteiger partial charge on any atom is -0.455 e. The zero-order valence-corrected chi connectivity index (χ0v) is 37.2. The largest absolute Gasteiger partial charge is 0.455 e. The lowest BCUT2D eigenvalue weighted by Gasteiger charge is -2.11. The third kappa shape index (κ3) is 6.30. The summed E-state index contributed by atoms with van der Waals surface area (Å²) < 4.78 is 11.8. The van der Waals surface area contributed by atoms with E-state index in [0.29, 0.717) is 17.5 Å². The molecule has 69 heavy (non-hydrogen) atoms. The van der Waals surface area contributed by atoms with Crippen LogP contribution < -0.4 is 0 Å². The van der Waals surface area contributed by atoms with E-state index < -0.39 is 0 Å². The summed E-state index contributed by atoms with van der Waals surface area (Å²) in [5, 5.41) is 6.68. The normalized spacial score (nSPS) is 11.8. The second-order valence-electron chi connectivity index (χ2n) is 17.6. The van der Waals surface area contributed by atoms with Crippen molar-refractivity contribution in [2.45, 2.75) is 0 Å². The fourth-order valence-corrected chi connectivity index (χ4v) is 10.4. The SMILES string of the molecule is c1ccc(-c2nc(-c3ccccc3)nc(-c3cccc4oc5c(-c6ccc7c(c6)c6ccccc6n7-c6ccccc6)cc(-c6ccc7c(c6)c6ccccc6n7-c6ccccc6)cc5c34)n2)cc1. The van der Waals surface area contributed by atoms with Crippen LogP contribution in [0, 0.1) is 0 Å². The van der Waals surface area contributed by atoms with E-state index >= 15 is 0 Å². The van der Waals surface area contributed by atoms with Gasteiger partial charge in [-0.2, -0.15) is 0 Å². The quantitative estimate of drug-likeness (QED) is 0.160. The molecule has 0 N–H and O–H groups in total. The van der Waals surface area contributed by atoms with E-state index in [-0.39, 0.29) is 0 Å². The maximum absolute atomic E-state index is 7.10. The summed E-state index contributed by atoms with van der Waals surface area (Å²) in [5.41, 5.74) is 15.4. The molecule has 0 saturated heterocycles. The van der Waals surface area contributed by atoms with Gasteiger partial charge in [0.25, 0.3) is 0 Å². The average Bonchev–Trinajstić information content (AvgIpc) is 4.09. The highest BCUT2D eigenvalue weighted by Gasteiger charge is 2.23. The molecule has 10 aromatic carbocycles. The van der Waals surface area contributed by atoms with Crippen molar-refractivity contribution in [2.24, 2.45) is 0 Å². The first kappa shape index (κ1) is 38.8. The van der Waals surface area contributed by atoms with Crippen LogP contribution in [0.15, 0.2) is 241 Å². The van der Waals surface area contributed by atoms with Crippen molar-refractivity contribution in [3.63, 3.8) is 0 Å². The Hall–Kier alpha value is -9.39. The van der Waals surface area contributed by atoms with Crippen LogP contribution in [0.5, 0.6) is 0 Å². The van der Waals surface area contributed by atoms with Crippen LogP contribution in [0.4, 0.5) is 0 Å². The number of hydrogen-bond acceptors (Lipinski definition) is 4. The van der Waals surface area contributed by atoms with Crippen LogP contribution in [-0.4, -0.2) is 24.1 Å². The van der Waals surface area contributed by atoms with Gasteiger partial charge >= 0.3 is 0 Å². The van der Waals surface area contributed by atoms with Crippen molar-refractivity contribution >= 4 is 65.6 Å². The van der Waals surface area contributed by atoms with Gasteiger partial charge in [0.05, 0.1) is 22.1 Å². The molecule has 0 atom stereocenters. The first-order valence-corrected chi connectivity index (χ1v) is 23.3. The van der Waals surface area contributed by atoms with E-state index in [1.54, 1.807) is 0 Å². The highest BCUT2D eigenvalue weighted by atomic mass is 16.3. The zero-order chi connectivity index (χ0) is 45.4. The van der Waals surface area contributed by atoms with Gasteiger partial charge in [-0.3, -0.25) is 0 Å². The van der Waals surface area contributed by atoms with Crippen molar-refractivity contribution in [3.8, 4) is 67.8 Å². The molecular weight excluding hydrogens is 843 g/mol.